The van der Waals surface area contributed by atoms with Crippen molar-refractivity contribution >= 4 is 17.9 Å². The SMILES string of the molecule is CC/C=C\C/C=C\C/C=C\CCCCCC(=O)OC(COC(=O)CCCCCCCCCC)COC(=O)CCCCCCCCCCC/C=C\CCCCCCCCCC. The van der Waals surface area contributed by atoms with Gasteiger partial charge in [0.2, 0.25) is 0 Å². The summed E-state index contributed by atoms with van der Waals surface area (Å²) in [4.78, 5) is 37.8. The molecule has 1 atom stereocenters. The van der Waals surface area contributed by atoms with Crippen molar-refractivity contribution in [1.82, 2.24) is 0 Å². The van der Waals surface area contributed by atoms with Crippen molar-refractivity contribution in [2.24, 2.45) is 0 Å². The molecule has 0 saturated carbocycles. The maximum absolute atomic E-state index is 12.7. The van der Waals surface area contributed by atoms with E-state index in [-0.39, 0.29) is 31.1 Å². The monoisotopic (exact) mass is 841 g/mol. The van der Waals surface area contributed by atoms with Crippen molar-refractivity contribution in [3.8, 4) is 0 Å². The molecule has 6 heteroatoms. The molecule has 0 aliphatic heterocycles. The minimum atomic E-state index is -0.784. The first-order valence-electron chi connectivity index (χ1n) is 25.6. The second kappa shape index (κ2) is 49.0. The van der Waals surface area contributed by atoms with Gasteiger partial charge in [-0.2, -0.15) is 0 Å². The number of hydrogen-bond donors (Lipinski definition) is 0. The summed E-state index contributed by atoms with van der Waals surface area (Å²) >= 11 is 0. The van der Waals surface area contributed by atoms with Gasteiger partial charge in [0, 0.05) is 19.3 Å². The third-order valence-electron chi connectivity index (χ3n) is 11.1. The third kappa shape index (κ3) is 46.4. The molecule has 0 saturated heterocycles. The molecular formula is C54H96O6. The summed E-state index contributed by atoms with van der Waals surface area (Å²) in [5.74, 6) is -0.916. The fourth-order valence-corrected chi connectivity index (χ4v) is 7.22. The molecule has 0 N–H and O–H groups in total. The molecule has 0 aliphatic carbocycles. The zero-order chi connectivity index (χ0) is 43.7. The van der Waals surface area contributed by atoms with Crippen LogP contribution in [0.1, 0.15) is 258 Å². The van der Waals surface area contributed by atoms with E-state index in [2.05, 4.69) is 69.4 Å². The molecule has 0 aromatic heterocycles. The molecular weight excluding hydrogens is 745 g/mol. The Balaban J connectivity index is 4.25. The van der Waals surface area contributed by atoms with Gasteiger partial charge in [0.05, 0.1) is 0 Å². The highest BCUT2D eigenvalue weighted by Gasteiger charge is 2.19. The summed E-state index contributed by atoms with van der Waals surface area (Å²) in [5, 5.41) is 0. The van der Waals surface area contributed by atoms with E-state index in [0.717, 1.165) is 83.5 Å². The Morgan fingerprint density at radius 2 is 0.650 bits per heavy atom. The minimum absolute atomic E-state index is 0.0843. The highest BCUT2D eigenvalue weighted by atomic mass is 16.6. The lowest BCUT2D eigenvalue weighted by Gasteiger charge is -2.18. The van der Waals surface area contributed by atoms with Crippen LogP contribution in [0.15, 0.2) is 48.6 Å². The zero-order valence-corrected chi connectivity index (χ0v) is 39.7. The molecule has 348 valence electrons. The molecule has 0 amide bonds. The average molecular weight is 841 g/mol. The topological polar surface area (TPSA) is 78.9 Å². The van der Waals surface area contributed by atoms with Crippen molar-refractivity contribution in [3.05, 3.63) is 48.6 Å². The minimum Gasteiger partial charge on any atom is -0.462 e. The summed E-state index contributed by atoms with van der Waals surface area (Å²) in [6.07, 6.45) is 58.3. The first-order valence-corrected chi connectivity index (χ1v) is 25.6. The van der Waals surface area contributed by atoms with Crippen LogP contribution in [0.4, 0.5) is 0 Å². The van der Waals surface area contributed by atoms with Crippen LogP contribution in [0.3, 0.4) is 0 Å². The Kier molecular flexibility index (Phi) is 46.9. The first kappa shape index (κ1) is 57.4. The number of carbonyl (C=O) groups is 3. The van der Waals surface area contributed by atoms with Crippen LogP contribution < -0.4 is 0 Å². The maximum Gasteiger partial charge on any atom is 0.306 e. The van der Waals surface area contributed by atoms with Crippen LogP contribution in [-0.4, -0.2) is 37.2 Å². The predicted octanol–water partition coefficient (Wildman–Crippen LogP) is 16.7. The molecule has 0 aromatic rings. The summed E-state index contributed by atoms with van der Waals surface area (Å²) in [6.45, 7) is 6.48. The molecule has 60 heavy (non-hydrogen) atoms. The first-order chi connectivity index (χ1) is 29.5. The molecule has 6 nitrogen and oxygen atoms in total. The quantitative estimate of drug-likeness (QED) is 0.0263. The van der Waals surface area contributed by atoms with E-state index < -0.39 is 6.10 Å². The van der Waals surface area contributed by atoms with Crippen LogP contribution in [0, 0.1) is 0 Å². The Morgan fingerprint density at radius 1 is 0.350 bits per heavy atom. The molecule has 0 aliphatic rings. The summed E-state index contributed by atoms with van der Waals surface area (Å²) in [7, 11) is 0. The number of unbranched alkanes of at least 4 members (excludes halogenated alkanes) is 27. The molecule has 0 spiro atoms. The van der Waals surface area contributed by atoms with Crippen molar-refractivity contribution in [3.63, 3.8) is 0 Å². The highest BCUT2D eigenvalue weighted by molar-refractivity contribution is 5.71. The van der Waals surface area contributed by atoms with Gasteiger partial charge in [-0.3, -0.25) is 14.4 Å². The number of rotatable bonds is 46. The number of esters is 3. The average Bonchev–Trinajstić information content (AvgIpc) is 3.24. The lowest BCUT2D eigenvalue weighted by Crippen LogP contribution is -2.30. The van der Waals surface area contributed by atoms with Crippen molar-refractivity contribution in [2.75, 3.05) is 13.2 Å². The molecule has 0 aromatic carbocycles. The Bertz CT molecular complexity index is 1060. The van der Waals surface area contributed by atoms with E-state index in [1.165, 1.54) is 135 Å². The zero-order valence-electron chi connectivity index (χ0n) is 39.7. The number of carbonyl (C=O) groups excluding carboxylic acids is 3. The van der Waals surface area contributed by atoms with Gasteiger partial charge in [-0.15, -0.1) is 0 Å². The van der Waals surface area contributed by atoms with Crippen LogP contribution >= 0.6 is 0 Å². The van der Waals surface area contributed by atoms with Crippen LogP contribution in [0.25, 0.3) is 0 Å². The van der Waals surface area contributed by atoms with E-state index in [1.54, 1.807) is 0 Å². The van der Waals surface area contributed by atoms with E-state index in [9.17, 15) is 14.4 Å². The smallest absolute Gasteiger partial charge is 0.306 e. The lowest BCUT2D eigenvalue weighted by atomic mass is 10.1. The van der Waals surface area contributed by atoms with Gasteiger partial charge < -0.3 is 14.2 Å². The van der Waals surface area contributed by atoms with E-state index in [0.29, 0.717) is 19.3 Å². The number of ether oxygens (including phenoxy) is 3. The van der Waals surface area contributed by atoms with Gasteiger partial charge >= 0.3 is 17.9 Å². The summed E-state index contributed by atoms with van der Waals surface area (Å²) < 4.78 is 16.7. The summed E-state index contributed by atoms with van der Waals surface area (Å²) in [6, 6.07) is 0. The van der Waals surface area contributed by atoms with Crippen molar-refractivity contribution < 1.29 is 28.6 Å². The Hall–Kier alpha value is -2.63. The van der Waals surface area contributed by atoms with Gasteiger partial charge in [0.25, 0.3) is 0 Å². The van der Waals surface area contributed by atoms with Crippen LogP contribution in [0.5, 0.6) is 0 Å². The van der Waals surface area contributed by atoms with Gasteiger partial charge in [0.15, 0.2) is 6.10 Å². The van der Waals surface area contributed by atoms with E-state index in [4.69, 9.17) is 14.2 Å². The molecule has 0 radical (unpaired) electrons. The molecule has 0 fully saturated rings. The summed E-state index contributed by atoms with van der Waals surface area (Å²) in [5.41, 5.74) is 0. The van der Waals surface area contributed by atoms with Crippen molar-refractivity contribution in [2.45, 2.75) is 264 Å². The predicted molar refractivity (Wildman–Crippen MR) is 256 cm³/mol. The molecule has 1 unspecified atom stereocenters. The Morgan fingerprint density at radius 3 is 1.05 bits per heavy atom. The fraction of sp³-hybridized carbons (Fsp3) is 0.796. The standard InChI is InChI=1S/C54H96O6/c1-4-7-10-13-16-19-21-23-24-25-26-27-28-29-30-32-33-35-38-41-44-47-53(56)59-50-51(49-58-52(55)46-43-40-37-18-15-12-9-6-3)60-54(57)48-45-42-39-36-34-31-22-20-17-14-11-8-5-2/h8,11,17,20,25-26,31,34,51H,4-7,9-10,12-16,18-19,21-24,27-30,32-33,35-50H2,1-3H3/b11-8-,20-17-,26-25-,34-31-. The number of hydrogen-bond acceptors (Lipinski definition) is 6. The normalized spacial score (nSPS) is 12.4. The van der Waals surface area contributed by atoms with Crippen LogP contribution in [0.2, 0.25) is 0 Å². The van der Waals surface area contributed by atoms with Gasteiger partial charge in [-0.05, 0) is 77.0 Å². The molecule has 0 heterocycles. The van der Waals surface area contributed by atoms with Crippen molar-refractivity contribution in [1.29, 1.82) is 0 Å². The second-order valence-electron chi connectivity index (χ2n) is 17.1. The van der Waals surface area contributed by atoms with Crippen LogP contribution in [-0.2, 0) is 28.6 Å². The highest BCUT2D eigenvalue weighted by Crippen LogP contribution is 2.15. The van der Waals surface area contributed by atoms with Gasteiger partial charge in [0.1, 0.15) is 13.2 Å². The maximum atomic E-state index is 12.7. The largest absolute Gasteiger partial charge is 0.462 e. The number of allylic oxidation sites excluding steroid dienone is 8. The molecule has 0 rings (SSSR count). The second-order valence-corrected chi connectivity index (χ2v) is 17.1. The van der Waals surface area contributed by atoms with Gasteiger partial charge in [-0.1, -0.05) is 211 Å². The third-order valence-corrected chi connectivity index (χ3v) is 11.1. The van der Waals surface area contributed by atoms with E-state index >= 15 is 0 Å². The van der Waals surface area contributed by atoms with E-state index in [1.807, 2.05) is 0 Å². The fourth-order valence-electron chi connectivity index (χ4n) is 7.22. The lowest BCUT2D eigenvalue weighted by molar-refractivity contribution is -0.167. The molecule has 0 bridgehead atoms. The van der Waals surface area contributed by atoms with Gasteiger partial charge in [-0.25, -0.2) is 0 Å². The Labute approximate surface area is 371 Å².